The first kappa shape index (κ1) is 19.2. The second kappa shape index (κ2) is 8.50. The minimum absolute atomic E-state index is 1.12. The van der Waals surface area contributed by atoms with Crippen molar-refractivity contribution in [2.75, 3.05) is 0 Å². The van der Waals surface area contributed by atoms with Crippen LogP contribution in [0.5, 0.6) is 0 Å². The van der Waals surface area contributed by atoms with E-state index in [1.54, 1.807) is 0 Å². The smallest absolute Gasteiger partial charge is 0.144 e. The van der Waals surface area contributed by atoms with Crippen molar-refractivity contribution in [3.63, 3.8) is 0 Å². The molecule has 138 valence electrons. The Morgan fingerprint density at radius 2 is 0.821 bits per heavy atom. The maximum absolute atomic E-state index is 6.60. The number of rotatable bonds is 5. The molecule has 0 N–H and O–H groups in total. The van der Waals surface area contributed by atoms with Gasteiger partial charge in [-0.15, -0.1) is 22.2 Å². The average molecular weight is 436 g/mol. The van der Waals surface area contributed by atoms with Gasteiger partial charge in [0.15, 0.2) is 8.07 Å². The standard InChI is InChI=1S/C24H20Cl2Si2/c25-27(26)23-18-10-11-19-24(23)28(20-12-4-1-5-13-20,21-14-6-2-7-15-21)22-16-8-3-9-17-22/h1-19,27H. The normalized spacial score (nSPS) is 11.5. The van der Waals surface area contributed by atoms with Gasteiger partial charge in [0.2, 0.25) is 0 Å². The molecule has 0 unspecified atom stereocenters. The summed E-state index contributed by atoms with van der Waals surface area (Å²) in [7, 11) is -4.60. The molecule has 0 fully saturated rings. The molecule has 0 aromatic heterocycles. The molecule has 4 heteroatoms. The Balaban J connectivity index is 2.18. The number of hydrogen-bond acceptors (Lipinski definition) is 0. The molecular formula is C24H20Cl2Si2. The van der Waals surface area contributed by atoms with Crippen LogP contribution in [0.3, 0.4) is 0 Å². The lowest BCUT2D eigenvalue weighted by atomic mass is 10.3. The summed E-state index contributed by atoms with van der Waals surface area (Å²) in [6.45, 7) is 0. The molecule has 0 atom stereocenters. The van der Waals surface area contributed by atoms with E-state index in [2.05, 4.69) is 109 Å². The fourth-order valence-electron chi connectivity index (χ4n) is 4.06. The minimum atomic E-state index is -2.54. The van der Waals surface area contributed by atoms with Gasteiger partial charge in [0.1, 0.15) is 0 Å². The second-order valence-electron chi connectivity index (χ2n) is 6.74. The molecule has 4 rings (SSSR count). The predicted octanol–water partition coefficient (Wildman–Crippen LogP) is 2.97. The highest BCUT2D eigenvalue weighted by Gasteiger charge is 2.43. The first-order chi connectivity index (χ1) is 13.7. The molecule has 0 aliphatic carbocycles. The third-order valence-electron chi connectivity index (χ3n) is 5.22. The van der Waals surface area contributed by atoms with Crippen molar-refractivity contribution in [2.24, 2.45) is 0 Å². The predicted molar refractivity (Wildman–Crippen MR) is 129 cm³/mol. The third-order valence-corrected chi connectivity index (χ3v) is 12.8. The van der Waals surface area contributed by atoms with Crippen LogP contribution in [0.4, 0.5) is 0 Å². The van der Waals surface area contributed by atoms with E-state index < -0.39 is 15.5 Å². The minimum Gasteiger partial charge on any atom is -0.144 e. The van der Waals surface area contributed by atoms with Crippen LogP contribution in [0.25, 0.3) is 0 Å². The fraction of sp³-hybridized carbons (Fsp3) is 0. The van der Waals surface area contributed by atoms with Crippen molar-refractivity contribution in [1.29, 1.82) is 0 Å². The monoisotopic (exact) mass is 434 g/mol. The lowest BCUT2D eigenvalue weighted by molar-refractivity contribution is 1.67. The first-order valence-electron chi connectivity index (χ1n) is 9.28. The van der Waals surface area contributed by atoms with Crippen LogP contribution >= 0.6 is 22.2 Å². The zero-order valence-electron chi connectivity index (χ0n) is 15.3. The highest BCUT2D eigenvalue weighted by atomic mass is 35.7. The van der Waals surface area contributed by atoms with Crippen molar-refractivity contribution in [3.8, 4) is 0 Å². The van der Waals surface area contributed by atoms with Crippen molar-refractivity contribution in [3.05, 3.63) is 115 Å². The van der Waals surface area contributed by atoms with Gasteiger partial charge in [0.25, 0.3) is 7.42 Å². The van der Waals surface area contributed by atoms with Crippen LogP contribution in [0.2, 0.25) is 0 Å². The quantitative estimate of drug-likeness (QED) is 0.257. The van der Waals surface area contributed by atoms with E-state index in [0.717, 1.165) is 5.19 Å². The second-order valence-corrected chi connectivity index (χ2v) is 15.0. The summed E-state index contributed by atoms with van der Waals surface area (Å²) in [5, 5.41) is 6.42. The zero-order valence-corrected chi connectivity index (χ0v) is 19.0. The highest BCUT2D eigenvalue weighted by Crippen LogP contribution is 2.10. The topological polar surface area (TPSA) is 0 Å². The Morgan fingerprint density at radius 1 is 0.464 bits per heavy atom. The van der Waals surface area contributed by atoms with E-state index in [-0.39, 0.29) is 0 Å². The Morgan fingerprint density at radius 3 is 1.21 bits per heavy atom. The Hall–Kier alpha value is -2.11. The Bertz CT molecular complexity index is 939. The maximum atomic E-state index is 6.60. The molecule has 4 aromatic rings. The molecule has 0 amide bonds. The molecule has 0 saturated heterocycles. The van der Waals surface area contributed by atoms with Crippen molar-refractivity contribution < 1.29 is 0 Å². The summed E-state index contributed by atoms with van der Waals surface area (Å²) in [5.41, 5.74) is 0. The van der Waals surface area contributed by atoms with Crippen LogP contribution in [0.15, 0.2) is 115 Å². The van der Waals surface area contributed by atoms with Gasteiger partial charge < -0.3 is 0 Å². The summed E-state index contributed by atoms with van der Waals surface area (Å²) in [5.74, 6) is 0. The van der Waals surface area contributed by atoms with Crippen molar-refractivity contribution in [1.82, 2.24) is 0 Å². The lowest BCUT2D eigenvalue weighted by Gasteiger charge is -2.36. The lowest BCUT2D eigenvalue weighted by Crippen LogP contribution is -2.77. The van der Waals surface area contributed by atoms with E-state index in [1.165, 1.54) is 20.7 Å². The van der Waals surface area contributed by atoms with Crippen molar-refractivity contribution >= 4 is 63.6 Å². The van der Waals surface area contributed by atoms with Crippen LogP contribution in [-0.2, 0) is 0 Å². The maximum Gasteiger partial charge on any atom is 0.266 e. The van der Waals surface area contributed by atoms with E-state index in [9.17, 15) is 0 Å². The first-order valence-corrected chi connectivity index (χ1v) is 15.4. The molecule has 0 spiro atoms. The molecule has 0 saturated carbocycles. The van der Waals surface area contributed by atoms with Gasteiger partial charge in [-0.2, -0.15) is 0 Å². The fourth-order valence-corrected chi connectivity index (χ4v) is 12.3. The van der Waals surface area contributed by atoms with E-state index >= 15 is 0 Å². The molecule has 0 aliphatic rings. The van der Waals surface area contributed by atoms with Gasteiger partial charge in [-0.05, 0) is 25.9 Å². The summed E-state index contributed by atoms with van der Waals surface area (Å²) >= 11 is 13.2. The molecule has 0 aliphatic heterocycles. The molecular weight excluding hydrogens is 415 g/mol. The van der Waals surface area contributed by atoms with Gasteiger partial charge in [0.05, 0.1) is 0 Å². The van der Waals surface area contributed by atoms with E-state index in [0.29, 0.717) is 0 Å². The average Bonchev–Trinajstić information content (AvgIpc) is 2.77. The molecule has 4 aromatic carbocycles. The highest BCUT2D eigenvalue weighted by molar-refractivity contribution is 7.41. The van der Waals surface area contributed by atoms with Crippen LogP contribution in [0.1, 0.15) is 0 Å². The van der Waals surface area contributed by atoms with Crippen LogP contribution in [-0.4, -0.2) is 15.5 Å². The largest absolute Gasteiger partial charge is 0.266 e. The van der Waals surface area contributed by atoms with Gasteiger partial charge in [-0.3, -0.25) is 0 Å². The number of halogens is 2. The van der Waals surface area contributed by atoms with Crippen LogP contribution < -0.4 is 25.9 Å². The summed E-state index contributed by atoms with van der Waals surface area (Å²) in [6, 6.07) is 41.0. The summed E-state index contributed by atoms with van der Waals surface area (Å²) in [4.78, 5) is 0. The van der Waals surface area contributed by atoms with E-state index in [4.69, 9.17) is 22.2 Å². The molecule has 28 heavy (non-hydrogen) atoms. The van der Waals surface area contributed by atoms with E-state index in [1.807, 2.05) is 6.07 Å². The number of hydrogen-bond donors (Lipinski definition) is 0. The SMILES string of the molecule is Cl[SiH](Cl)c1ccccc1[Si](c1ccccc1)(c1ccccc1)c1ccccc1. The van der Waals surface area contributed by atoms with Gasteiger partial charge >= 0.3 is 0 Å². The Labute approximate surface area is 178 Å². The van der Waals surface area contributed by atoms with Gasteiger partial charge in [-0.25, -0.2) is 0 Å². The molecule has 0 bridgehead atoms. The molecule has 0 nitrogen and oxygen atoms in total. The molecule has 0 heterocycles. The summed E-state index contributed by atoms with van der Waals surface area (Å²) in [6.07, 6.45) is 0. The van der Waals surface area contributed by atoms with Crippen LogP contribution in [0, 0.1) is 0 Å². The summed E-state index contributed by atoms with van der Waals surface area (Å²) < 4.78 is 0. The van der Waals surface area contributed by atoms with Gasteiger partial charge in [-0.1, -0.05) is 115 Å². The zero-order chi connectivity index (χ0) is 19.4. The van der Waals surface area contributed by atoms with Crippen molar-refractivity contribution in [2.45, 2.75) is 0 Å². The Kier molecular flexibility index (Phi) is 5.83. The van der Waals surface area contributed by atoms with Gasteiger partial charge in [0, 0.05) is 0 Å². The third kappa shape index (κ3) is 3.38. The molecule has 0 radical (unpaired) electrons. The number of benzene rings is 4.